The fourth-order valence-corrected chi connectivity index (χ4v) is 3.75. The van der Waals surface area contributed by atoms with Gasteiger partial charge in [-0.15, -0.1) is 11.8 Å². The van der Waals surface area contributed by atoms with E-state index in [4.69, 9.17) is 23.2 Å². The van der Waals surface area contributed by atoms with Gasteiger partial charge in [-0.05, 0) is 60.7 Å². The van der Waals surface area contributed by atoms with Crippen molar-refractivity contribution in [2.45, 2.75) is 4.90 Å². The molecule has 0 bridgehead atoms. The van der Waals surface area contributed by atoms with Crippen molar-refractivity contribution in [3.63, 3.8) is 0 Å². The molecule has 0 fully saturated rings. The monoisotopic (exact) mass is 433 g/mol. The Bertz CT molecular complexity index is 1030. The van der Waals surface area contributed by atoms with Gasteiger partial charge in [0.25, 0.3) is 5.91 Å². The van der Waals surface area contributed by atoms with Crippen molar-refractivity contribution in [3.05, 3.63) is 93.7 Å². The van der Waals surface area contributed by atoms with E-state index in [1.54, 1.807) is 30.3 Å². The van der Waals surface area contributed by atoms with E-state index in [-0.39, 0.29) is 28.3 Å². The molecule has 3 aromatic carbocycles. The largest absolute Gasteiger partial charge is 0.322 e. The zero-order valence-corrected chi connectivity index (χ0v) is 16.7. The molecule has 0 spiro atoms. The first kappa shape index (κ1) is 20.4. The molecule has 1 N–H and O–H groups in total. The van der Waals surface area contributed by atoms with E-state index in [1.807, 2.05) is 6.07 Å². The molecule has 0 saturated carbocycles. The van der Waals surface area contributed by atoms with Crippen LogP contribution in [0, 0.1) is 5.82 Å². The Hall–Kier alpha value is -2.34. The fourth-order valence-electron chi connectivity index (χ4n) is 2.40. The minimum absolute atomic E-state index is 0.104. The van der Waals surface area contributed by atoms with Crippen LogP contribution in [0.4, 0.5) is 10.1 Å². The summed E-state index contributed by atoms with van der Waals surface area (Å²) in [5.41, 5.74) is 1.35. The molecule has 0 aromatic heterocycles. The highest BCUT2D eigenvalue weighted by molar-refractivity contribution is 8.00. The highest BCUT2D eigenvalue weighted by atomic mass is 35.5. The van der Waals surface area contributed by atoms with Crippen LogP contribution in [-0.4, -0.2) is 17.4 Å². The molecule has 3 nitrogen and oxygen atoms in total. The minimum Gasteiger partial charge on any atom is -0.322 e. The molecule has 28 heavy (non-hydrogen) atoms. The lowest BCUT2D eigenvalue weighted by molar-refractivity contribution is 0.101. The van der Waals surface area contributed by atoms with Crippen LogP contribution in [0.15, 0.2) is 71.6 Å². The van der Waals surface area contributed by atoms with Crippen molar-refractivity contribution < 1.29 is 14.0 Å². The maximum atomic E-state index is 13.0. The third-order valence-corrected chi connectivity index (χ3v) is 5.35. The predicted molar refractivity (Wildman–Crippen MR) is 112 cm³/mol. The van der Waals surface area contributed by atoms with Crippen molar-refractivity contribution in [3.8, 4) is 0 Å². The third kappa shape index (κ3) is 5.35. The van der Waals surface area contributed by atoms with Crippen LogP contribution >= 0.6 is 35.0 Å². The minimum atomic E-state index is -0.381. The number of thioether (sulfide) groups is 1. The summed E-state index contributed by atoms with van der Waals surface area (Å²) in [6.45, 7) is 0. The summed E-state index contributed by atoms with van der Waals surface area (Å²) in [5.74, 6) is -0.640. The standard InChI is InChI=1S/C21H14Cl2FNO2S/c22-14-6-9-18(19(23)10-14)21(27)25-16-2-1-3-17(11-16)28-12-20(26)13-4-7-15(24)8-5-13/h1-11H,12H2,(H,25,27). The van der Waals surface area contributed by atoms with Crippen LogP contribution in [0.25, 0.3) is 0 Å². The number of amides is 1. The molecule has 0 heterocycles. The van der Waals surface area contributed by atoms with Gasteiger partial charge in [-0.3, -0.25) is 9.59 Å². The molecule has 142 valence electrons. The Labute approximate surface area is 175 Å². The number of hydrogen-bond acceptors (Lipinski definition) is 3. The number of carbonyl (C=O) groups is 2. The molecule has 3 rings (SSSR count). The maximum Gasteiger partial charge on any atom is 0.257 e. The summed E-state index contributed by atoms with van der Waals surface area (Å²) in [5, 5.41) is 3.49. The van der Waals surface area contributed by atoms with Crippen LogP contribution in [0.3, 0.4) is 0 Å². The van der Waals surface area contributed by atoms with E-state index < -0.39 is 0 Å². The average Bonchev–Trinajstić information content (AvgIpc) is 2.67. The molecule has 0 aliphatic carbocycles. The molecule has 0 atom stereocenters. The Kier molecular flexibility index (Phi) is 6.73. The number of ketones is 1. The van der Waals surface area contributed by atoms with Gasteiger partial charge < -0.3 is 5.32 Å². The fraction of sp³-hybridized carbons (Fsp3) is 0.0476. The zero-order chi connectivity index (χ0) is 20.1. The molecule has 0 unspecified atom stereocenters. The van der Waals surface area contributed by atoms with Crippen LogP contribution in [0.1, 0.15) is 20.7 Å². The van der Waals surface area contributed by atoms with Gasteiger partial charge in [0.2, 0.25) is 0 Å². The topological polar surface area (TPSA) is 46.2 Å². The number of anilines is 1. The smallest absolute Gasteiger partial charge is 0.257 e. The van der Waals surface area contributed by atoms with Gasteiger partial charge in [0.15, 0.2) is 5.78 Å². The van der Waals surface area contributed by atoms with Crippen molar-refractivity contribution in [1.29, 1.82) is 0 Å². The number of rotatable bonds is 6. The molecule has 0 radical (unpaired) electrons. The summed E-state index contributed by atoms with van der Waals surface area (Å²) < 4.78 is 13.0. The molecule has 1 amide bonds. The number of carbonyl (C=O) groups excluding carboxylic acids is 2. The first-order valence-electron chi connectivity index (χ1n) is 8.20. The summed E-state index contributed by atoms with van der Waals surface area (Å²) in [7, 11) is 0. The van der Waals surface area contributed by atoms with Gasteiger partial charge >= 0.3 is 0 Å². The van der Waals surface area contributed by atoms with Gasteiger partial charge in [0.05, 0.1) is 16.3 Å². The molecular formula is C21H14Cl2FNO2S. The molecular weight excluding hydrogens is 420 g/mol. The zero-order valence-electron chi connectivity index (χ0n) is 14.4. The van der Waals surface area contributed by atoms with Crippen LogP contribution < -0.4 is 5.32 Å². The molecule has 0 aliphatic heterocycles. The van der Waals surface area contributed by atoms with Crippen molar-refractivity contribution in [2.24, 2.45) is 0 Å². The molecule has 3 aromatic rings. The Balaban J connectivity index is 1.64. The van der Waals surface area contributed by atoms with E-state index in [9.17, 15) is 14.0 Å². The molecule has 0 saturated heterocycles. The van der Waals surface area contributed by atoms with Gasteiger partial charge in [-0.1, -0.05) is 29.3 Å². The second kappa shape index (κ2) is 9.24. The highest BCUT2D eigenvalue weighted by Gasteiger charge is 2.12. The SMILES string of the molecule is O=C(CSc1cccc(NC(=O)c2ccc(Cl)cc2Cl)c1)c1ccc(F)cc1. The number of benzene rings is 3. The van der Waals surface area contributed by atoms with E-state index in [0.29, 0.717) is 21.8 Å². The second-order valence-corrected chi connectivity index (χ2v) is 7.72. The highest BCUT2D eigenvalue weighted by Crippen LogP contribution is 2.25. The van der Waals surface area contributed by atoms with Gasteiger partial charge in [0.1, 0.15) is 5.82 Å². The molecule has 7 heteroatoms. The van der Waals surface area contributed by atoms with E-state index >= 15 is 0 Å². The number of nitrogens with one attached hydrogen (secondary N) is 1. The maximum absolute atomic E-state index is 13.0. The van der Waals surface area contributed by atoms with Gasteiger partial charge in [-0.2, -0.15) is 0 Å². The first-order valence-corrected chi connectivity index (χ1v) is 9.94. The van der Waals surface area contributed by atoms with E-state index in [2.05, 4.69) is 5.32 Å². The lowest BCUT2D eigenvalue weighted by atomic mass is 10.1. The second-order valence-electron chi connectivity index (χ2n) is 5.82. The van der Waals surface area contributed by atoms with Crippen LogP contribution in [0.2, 0.25) is 10.0 Å². The van der Waals surface area contributed by atoms with E-state index in [1.165, 1.54) is 42.1 Å². The van der Waals surface area contributed by atoms with Crippen molar-refractivity contribution in [2.75, 3.05) is 11.1 Å². The predicted octanol–water partition coefficient (Wildman–Crippen LogP) is 6.36. The third-order valence-electron chi connectivity index (χ3n) is 3.80. The van der Waals surface area contributed by atoms with Crippen molar-refractivity contribution >= 4 is 52.3 Å². The molecule has 0 aliphatic rings. The lowest BCUT2D eigenvalue weighted by Gasteiger charge is -2.09. The number of Topliss-reactive ketones (excluding diaryl/α,β-unsaturated/α-hetero) is 1. The lowest BCUT2D eigenvalue weighted by Crippen LogP contribution is -2.12. The Morgan fingerprint density at radius 1 is 0.964 bits per heavy atom. The number of hydrogen-bond donors (Lipinski definition) is 1. The summed E-state index contributed by atoms with van der Waals surface area (Å²) in [6.07, 6.45) is 0. The number of halogens is 3. The van der Waals surface area contributed by atoms with Crippen LogP contribution in [0.5, 0.6) is 0 Å². The summed E-state index contributed by atoms with van der Waals surface area (Å²) in [6, 6.07) is 17.2. The van der Waals surface area contributed by atoms with Crippen molar-refractivity contribution in [1.82, 2.24) is 0 Å². The quantitative estimate of drug-likeness (QED) is 0.363. The van der Waals surface area contributed by atoms with Crippen LogP contribution in [-0.2, 0) is 0 Å². The van der Waals surface area contributed by atoms with Gasteiger partial charge in [0, 0.05) is 21.2 Å². The average molecular weight is 434 g/mol. The Morgan fingerprint density at radius 3 is 2.43 bits per heavy atom. The van der Waals surface area contributed by atoms with Gasteiger partial charge in [-0.25, -0.2) is 4.39 Å². The summed E-state index contributed by atoms with van der Waals surface area (Å²) in [4.78, 5) is 25.4. The Morgan fingerprint density at radius 2 is 1.71 bits per heavy atom. The first-order chi connectivity index (χ1) is 13.4. The normalized spacial score (nSPS) is 10.5. The summed E-state index contributed by atoms with van der Waals surface area (Å²) >= 11 is 13.2. The van der Waals surface area contributed by atoms with E-state index in [0.717, 1.165) is 4.90 Å².